The zero-order valence-corrected chi connectivity index (χ0v) is 21.8. The number of aromatic amines is 1. The summed E-state index contributed by atoms with van der Waals surface area (Å²) in [5, 5.41) is 8.24. The minimum absolute atomic E-state index is 0.00642. The molecule has 2 aromatic heterocycles. The first kappa shape index (κ1) is 26.2. The molecule has 1 saturated heterocycles. The highest BCUT2D eigenvalue weighted by Crippen LogP contribution is 2.38. The monoisotopic (exact) mass is 519 g/mol. The zero-order valence-electron chi connectivity index (χ0n) is 21.0. The number of hydrogen-bond acceptors (Lipinski definition) is 7. The van der Waals surface area contributed by atoms with E-state index in [1.54, 1.807) is 7.11 Å². The molecule has 1 aromatic carbocycles. The van der Waals surface area contributed by atoms with Crippen molar-refractivity contribution in [3.8, 4) is 5.75 Å². The van der Waals surface area contributed by atoms with E-state index in [-0.39, 0.29) is 30.4 Å². The molecule has 0 saturated carbocycles. The summed E-state index contributed by atoms with van der Waals surface area (Å²) >= 11 is 6.94. The molecule has 3 heterocycles. The number of H-pyrrole nitrogens is 1. The lowest BCUT2D eigenvalue weighted by atomic mass is 10.0. The number of carbonyl (C=O) groups excluding carboxylic acids is 1. The van der Waals surface area contributed by atoms with Gasteiger partial charge in [0, 0.05) is 44.3 Å². The molecule has 0 aliphatic carbocycles. The number of unbranched alkanes of at least 4 members (excludes halogenated alkanes) is 1. The third kappa shape index (κ3) is 5.61. The minimum Gasteiger partial charge on any atom is -0.483 e. The first-order valence-corrected chi connectivity index (χ1v) is 12.8. The molecular weight excluding hydrogens is 486 g/mol. The molecule has 36 heavy (non-hydrogen) atoms. The Morgan fingerprint density at radius 1 is 1.36 bits per heavy atom. The predicted molar refractivity (Wildman–Crippen MR) is 137 cm³/mol. The van der Waals surface area contributed by atoms with Gasteiger partial charge < -0.3 is 24.3 Å². The predicted octanol–water partition coefficient (Wildman–Crippen LogP) is 3.58. The standard InChI is InChI=1S/C25H34ClN5O5/c1-16(2)31(17-8-7-11-27-14-17)24(32)23-21(26)18-9-6-10-19(35-15-20-28-25(33)36-29-20)22(18)30(23)12-4-5-13-34-3/h6,9-10,16-17,27H,4-5,7-8,11-15H2,1-3H3,(H,28,29,33)/t17-/m1/s1. The van der Waals surface area contributed by atoms with E-state index < -0.39 is 5.76 Å². The van der Waals surface area contributed by atoms with Crippen LogP contribution in [0.15, 0.2) is 27.5 Å². The highest BCUT2D eigenvalue weighted by Gasteiger charge is 2.33. The molecule has 0 unspecified atom stereocenters. The summed E-state index contributed by atoms with van der Waals surface area (Å²) in [5.41, 5.74) is 1.20. The summed E-state index contributed by atoms with van der Waals surface area (Å²) < 4.78 is 17.8. The number of aromatic nitrogens is 3. The quantitative estimate of drug-likeness (QED) is 0.372. The van der Waals surface area contributed by atoms with Crippen LogP contribution < -0.4 is 15.8 Å². The van der Waals surface area contributed by atoms with Crippen LogP contribution >= 0.6 is 11.6 Å². The van der Waals surface area contributed by atoms with Gasteiger partial charge in [-0.25, -0.2) is 4.79 Å². The van der Waals surface area contributed by atoms with E-state index in [1.807, 2.05) is 41.5 Å². The summed E-state index contributed by atoms with van der Waals surface area (Å²) in [4.78, 5) is 29.9. The van der Waals surface area contributed by atoms with E-state index in [2.05, 4.69) is 20.0 Å². The average Bonchev–Trinajstić information content (AvgIpc) is 3.41. The van der Waals surface area contributed by atoms with E-state index in [0.29, 0.717) is 29.6 Å². The SMILES string of the molecule is COCCCCn1c(C(=O)N(C(C)C)[C@@H]2CCCNC2)c(Cl)c2cccc(OCc3noc(=O)[nH]3)c21. The number of fused-ring (bicyclic) bond motifs is 1. The molecule has 10 nitrogen and oxygen atoms in total. The second-order valence-corrected chi connectivity index (χ2v) is 9.68. The number of amides is 1. The van der Waals surface area contributed by atoms with Crippen molar-refractivity contribution < 1.29 is 18.8 Å². The van der Waals surface area contributed by atoms with Crippen molar-refractivity contribution in [3.63, 3.8) is 0 Å². The van der Waals surface area contributed by atoms with Crippen LogP contribution in [0, 0.1) is 0 Å². The Balaban J connectivity index is 1.76. The summed E-state index contributed by atoms with van der Waals surface area (Å²) in [6.45, 7) is 7.02. The van der Waals surface area contributed by atoms with Gasteiger partial charge >= 0.3 is 5.76 Å². The van der Waals surface area contributed by atoms with Gasteiger partial charge in [-0.05, 0) is 52.1 Å². The van der Waals surface area contributed by atoms with Crippen molar-refractivity contribution >= 4 is 28.4 Å². The zero-order chi connectivity index (χ0) is 25.7. The van der Waals surface area contributed by atoms with Crippen molar-refractivity contribution in [3.05, 3.63) is 45.3 Å². The van der Waals surface area contributed by atoms with Gasteiger partial charge in [0.2, 0.25) is 0 Å². The number of hydrogen-bond donors (Lipinski definition) is 2. The molecule has 0 bridgehead atoms. The van der Waals surface area contributed by atoms with Crippen LogP contribution in [0.1, 0.15) is 55.8 Å². The van der Waals surface area contributed by atoms with Crippen LogP contribution in [0.4, 0.5) is 0 Å². The molecule has 1 aliphatic rings. The smallest absolute Gasteiger partial charge is 0.439 e. The van der Waals surface area contributed by atoms with Crippen LogP contribution in [0.2, 0.25) is 5.02 Å². The first-order valence-electron chi connectivity index (χ1n) is 12.4. The topological polar surface area (TPSA) is 115 Å². The Kier molecular flexibility index (Phi) is 8.71. The Morgan fingerprint density at radius 3 is 2.86 bits per heavy atom. The summed E-state index contributed by atoms with van der Waals surface area (Å²) in [6, 6.07) is 5.67. The number of ether oxygens (including phenoxy) is 2. The molecule has 4 rings (SSSR count). The molecule has 1 atom stereocenters. The van der Waals surface area contributed by atoms with Crippen LogP contribution in [-0.4, -0.2) is 64.4 Å². The Labute approximate surface area is 214 Å². The Bertz CT molecular complexity index is 1230. The van der Waals surface area contributed by atoms with Crippen molar-refractivity contribution in [2.45, 2.75) is 64.8 Å². The molecule has 1 amide bonds. The summed E-state index contributed by atoms with van der Waals surface area (Å²) in [6.07, 6.45) is 3.61. The number of aryl methyl sites for hydroxylation is 1. The number of nitrogens with zero attached hydrogens (tertiary/aromatic N) is 3. The summed E-state index contributed by atoms with van der Waals surface area (Å²) in [5.74, 6) is 0.0847. The number of benzene rings is 1. The Hall–Kier alpha value is -2.82. The maximum Gasteiger partial charge on any atom is 0.439 e. The highest BCUT2D eigenvalue weighted by molar-refractivity contribution is 6.39. The second kappa shape index (κ2) is 11.9. The molecular formula is C25H34ClN5O5. The van der Waals surface area contributed by atoms with Gasteiger partial charge in [-0.15, -0.1) is 0 Å². The van der Waals surface area contributed by atoms with E-state index in [4.69, 9.17) is 21.1 Å². The maximum atomic E-state index is 14.1. The van der Waals surface area contributed by atoms with E-state index >= 15 is 0 Å². The lowest BCUT2D eigenvalue weighted by Crippen LogP contribution is -2.52. The largest absolute Gasteiger partial charge is 0.483 e. The minimum atomic E-state index is -0.643. The summed E-state index contributed by atoms with van der Waals surface area (Å²) in [7, 11) is 1.68. The van der Waals surface area contributed by atoms with Gasteiger partial charge in [-0.1, -0.05) is 28.9 Å². The fourth-order valence-electron chi connectivity index (χ4n) is 4.89. The maximum absolute atomic E-state index is 14.1. The van der Waals surface area contributed by atoms with Gasteiger partial charge in [0.25, 0.3) is 5.91 Å². The number of halogens is 1. The number of nitrogens with one attached hydrogen (secondary N) is 2. The van der Waals surface area contributed by atoms with Crippen molar-refractivity contribution in [2.75, 3.05) is 26.8 Å². The fourth-order valence-corrected chi connectivity index (χ4v) is 5.22. The molecule has 0 spiro atoms. The second-order valence-electron chi connectivity index (χ2n) is 9.30. The third-order valence-corrected chi connectivity index (χ3v) is 6.85. The molecule has 0 radical (unpaired) electrons. The normalized spacial score (nSPS) is 16.1. The van der Waals surface area contributed by atoms with E-state index in [1.165, 1.54) is 0 Å². The van der Waals surface area contributed by atoms with Crippen molar-refractivity contribution in [2.24, 2.45) is 0 Å². The number of methoxy groups -OCH3 is 1. The van der Waals surface area contributed by atoms with E-state index in [9.17, 15) is 9.59 Å². The van der Waals surface area contributed by atoms with Crippen LogP contribution in [-0.2, 0) is 17.9 Å². The Morgan fingerprint density at radius 2 is 2.19 bits per heavy atom. The van der Waals surface area contributed by atoms with Gasteiger partial charge in [-0.2, -0.15) is 0 Å². The van der Waals surface area contributed by atoms with Gasteiger partial charge in [0.15, 0.2) is 5.82 Å². The van der Waals surface area contributed by atoms with Crippen molar-refractivity contribution in [1.29, 1.82) is 0 Å². The molecule has 11 heteroatoms. The molecule has 2 N–H and O–H groups in total. The van der Waals surface area contributed by atoms with Crippen molar-refractivity contribution in [1.82, 2.24) is 24.9 Å². The molecule has 1 fully saturated rings. The number of piperidine rings is 1. The molecule has 3 aromatic rings. The number of para-hydroxylation sites is 1. The highest BCUT2D eigenvalue weighted by atomic mass is 35.5. The lowest BCUT2D eigenvalue weighted by molar-refractivity contribution is 0.0562. The number of rotatable bonds is 11. The fraction of sp³-hybridized carbons (Fsp3) is 0.560. The van der Waals surface area contributed by atoms with E-state index in [0.717, 1.165) is 49.7 Å². The lowest BCUT2D eigenvalue weighted by Gasteiger charge is -2.38. The molecule has 196 valence electrons. The van der Waals surface area contributed by atoms with Gasteiger partial charge in [0.05, 0.1) is 10.5 Å². The van der Waals surface area contributed by atoms with Crippen LogP contribution in [0.3, 0.4) is 0 Å². The molecule has 1 aliphatic heterocycles. The number of carbonyl (C=O) groups is 1. The average molecular weight is 520 g/mol. The van der Waals surface area contributed by atoms with Crippen LogP contribution in [0.25, 0.3) is 10.9 Å². The third-order valence-electron chi connectivity index (χ3n) is 6.47. The first-order chi connectivity index (χ1) is 17.4. The van der Waals surface area contributed by atoms with Gasteiger partial charge in [0.1, 0.15) is 18.1 Å². The van der Waals surface area contributed by atoms with Gasteiger partial charge in [-0.3, -0.25) is 14.3 Å². The van der Waals surface area contributed by atoms with Crippen LogP contribution in [0.5, 0.6) is 5.75 Å².